The molecule has 0 bridgehead atoms. The van der Waals surface area contributed by atoms with E-state index in [9.17, 15) is 9.59 Å². The molecule has 0 aromatic heterocycles. The molecule has 8 heteroatoms. The summed E-state index contributed by atoms with van der Waals surface area (Å²) >= 11 is 0. The normalized spacial score (nSPS) is 16.9. The van der Waals surface area contributed by atoms with Gasteiger partial charge in [0.15, 0.2) is 11.5 Å². The standard InChI is InChI=1S/C20H30N2O6/c1-20(2,3)28-19(24)22-9-7-8-13(12-22)18(23)21-14-10-15(25-4)17(27-6)16(11-14)26-5/h10-11,13H,7-9,12H2,1-6H3,(H,21,23). The van der Waals surface area contributed by atoms with Gasteiger partial charge in [0.25, 0.3) is 0 Å². The molecule has 1 saturated heterocycles. The van der Waals surface area contributed by atoms with Gasteiger partial charge in [-0.2, -0.15) is 0 Å². The topological polar surface area (TPSA) is 86.3 Å². The molecule has 156 valence electrons. The van der Waals surface area contributed by atoms with Gasteiger partial charge in [-0.15, -0.1) is 0 Å². The fourth-order valence-electron chi connectivity index (χ4n) is 3.08. The van der Waals surface area contributed by atoms with E-state index in [0.717, 1.165) is 6.42 Å². The van der Waals surface area contributed by atoms with Crippen LogP contribution < -0.4 is 19.5 Å². The van der Waals surface area contributed by atoms with Gasteiger partial charge in [-0.25, -0.2) is 4.79 Å². The Morgan fingerprint density at radius 2 is 1.68 bits per heavy atom. The van der Waals surface area contributed by atoms with Crippen LogP contribution in [-0.2, 0) is 9.53 Å². The van der Waals surface area contributed by atoms with Crippen LogP contribution in [0.5, 0.6) is 17.2 Å². The van der Waals surface area contributed by atoms with Crippen LogP contribution in [0.4, 0.5) is 10.5 Å². The molecule has 2 amide bonds. The van der Waals surface area contributed by atoms with E-state index in [1.807, 2.05) is 20.8 Å². The van der Waals surface area contributed by atoms with Crippen molar-refractivity contribution in [3.8, 4) is 17.2 Å². The summed E-state index contributed by atoms with van der Waals surface area (Å²) in [5.41, 5.74) is -0.0310. The molecule has 1 heterocycles. The van der Waals surface area contributed by atoms with Crippen molar-refractivity contribution in [2.75, 3.05) is 39.7 Å². The average molecular weight is 394 g/mol. The second-order valence-corrected chi connectivity index (χ2v) is 7.67. The minimum absolute atomic E-state index is 0.164. The van der Waals surface area contributed by atoms with Crippen LogP contribution in [-0.4, -0.2) is 56.9 Å². The van der Waals surface area contributed by atoms with E-state index in [-0.39, 0.29) is 11.8 Å². The van der Waals surface area contributed by atoms with Crippen LogP contribution in [0.3, 0.4) is 0 Å². The zero-order valence-electron chi connectivity index (χ0n) is 17.5. The highest BCUT2D eigenvalue weighted by molar-refractivity contribution is 5.93. The van der Waals surface area contributed by atoms with E-state index in [2.05, 4.69) is 5.32 Å². The Morgan fingerprint density at radius 3 is 2.18 bits per heavy atom. The highest BCUT2D eigenvalue weighted by atomic mass is 16.6. The fraction of sp³-hybridized carbons (Fsp3) is 0.600. The van der Waals surface area contributed by atoms with Gasteiger partial charge in [0.05, 0.1) is 27.2 Å². The van der Waals surface area contributed by atoms with Crippen LogP contribution in [0.1, 0.15) is 33.6 Å². The van der Waals surface area contributed by atoms with Crippen molar-refractivity contribution in [3.63, 3.8) is 0 Å². The van der Waals surface area contributed by atoms with Crippen LogP contribution in [0.15, 0.2) is 12.1 Å². The first-order chi connectivity index (χ1) is 13.2. The van der Waals surface area contributed by atoms with E-state index in [1.54, 1.807) is 17.0 Å². The van der Waals surface area contributed by atoms with Crippen molar-refractivity contribution in [3.05, 3.63) is 12.1 Å². The van der Waals surface area contributed by atoms with Crippen molar-refractivity contribution in [2.24, 2.45) is 5.92 Å². The number of methoxy groups -OCH3 is 3. The number of nitrogens with zero attached hydrogens (tertiary/aromatic N) is 1. The predicted molar refractivity (Wildman–Crippen MR) is 105 cm³/mol. The number of anilines is 1. The fourth-order valence-corrected chi connectivity index (χ4v) is 3.08. The second kappa shape index (κ2) is 9.03. The summed E-state index contributed by atoms with van der Waals surface area (Å²) in [4.78, 5) is 26.7. The van der Waals surface area contributed by atoms with Gasteiger partial charge >= 0.3 is 6.09 Å². The highest BCUT2D eigenvalue weighted by Gasteiger charge is 2.31. The Bertz CT molecular complexity index is 688. The van der Waals surface area contributed by atoms with Crippen molar-refractivity contribution < 1.29 is 28.5 Å². The van der Waals surface area contributed by atoms with Gasteiger partial charge in [-0.05, 0) is 33.6 Å². The summed E-state index contributed by atoms with van der Waals surface area (Å²) in [6, 6.07) is 3.35. The van der Waals surface area contributed by atoms with Crippen molar-refractivity contribution in [2.45, 2.75) is 39.2 Å². The summed E-state index contributed by atoms with van der Waals surface area (Å²) in [5, 5.41) is 2.89. The first-order valence-corrected chi connectivity index (χ1v) is 9.27. The molecule has 1 N–H and O–H groups in total. The average Bonchev–Trinajstić information content (AvgIpc) is 2.65. The third kappa shape index (κ3) is 5.43. The molecule has 2 rings (SSSR count). The molecule has 1 aliphatic heterocycles. The van der Waals surface area contributed by atoms with E-state index in [0.29, 0.717) is 42.4 Å². The van der Waals surface area contributed by atoms with E-state index in [1.165, 1.54) is 21.3 Å². The van der Waals surface area contributed by atoms with E-state index < -0.39 is 11.7 Å². The van der Waals surface area contributed by atoms with Crippen LogP contribution in [0.2, 0.25) is 0 Å². The Hall–Kier alpha value is -2.64. The SMILES string of the molecule is COc1cc(NC(=O)C2CCCN(C(=O)OC(C)(C)C)C2)cc(OC)c1OC. The summed E-state index contributed by atoms with van der Waals surface area (Å²) in [5.74, 6) is 0.881. The van der Waals surface area contributed by atoms with Gasteiger partial charge in [0, 0.05) is 30.9 Å². The number of carbonyl (C=O) groups is 2. The largest absolute Gasteiger partial charge is 0.493 e. The maximum Gasteiger partial charge on any atom is 0.410 e. The van der Waals surface area contributed by atoms with Crippen LogP contribution in [0, 0.1) is 5.92 Å². The summed E-state index contributed by atoms with van der Waals surface area (Å²) in [7, 11) is 4.55. The lowest BCUT2D eigenvalue weighted by Crippen LogP contribution is -2.45. The lowest BCUT2D eigenvalue weighted by molar-refractivity contribution is -0.121. The first-order valence-electron chi connectivity index (χ1n) is 9.27. The monoisotopic (exact) mass is 394 g/mol. The zero-order chi connectivity index (χ0) is 20.9. The molecule has 0 radical (unpaired) electrons. The van der Waals surface area contributed by atoms with Crippen LogP contribution >= 0.6 is 0 Å². The lowest BCUT2D eigenvalue weighted by atomic mass is 9.97. The molecule has 1 aliphatic rings. The smallest absolute Gasteiger partial charge is 0.410 e. The zero-order valence-corrected chi connectivity index (χ0v) is 17.5. The van der Waals surface area contributed by atoms with Crippen molar-refractivity contribution in [1.29, 1.82) is 0 Å². The van der Waals surface area contributed by atoms with E-state index in [4.69, 9.17) is 18.9 Å². The predicted octanol–water partition coefficient (Wildman–Crippen LogP) is 3.30. The molecule has 1 aromatic rings. The minimum Gasteiger partial charge on any atom is -0.493 e. The number of rotatable bonds is 5. The summed E-state index contributed by atoms with van der Waals surface area (Å²) in [6.07, 6.45) is 1.06. The minimum atomic E-state index is -0.567. The first kappa shape index (κ1) is 21.7. The number of amides is 2. The Kier molecular flexibility index (Phi) is 6.99. The molecule has 1 atom stereocenters. The number of benzene rings is 1. The Labute approximate surface area is 166 Å². The van der Waals surface area contributed by atoms with Gasteiger partial charge in [0.1, 0.15) is 5.60 Å². The molecule has 8 nitrogen and oxygen atoms in total. The number of nitrogens with one attached hydrogen (secondary N) is 1. The molecule has 0 aliphatic carbocycles. The molecular weight excluding hydrogens is 364 g/mol. The quantitative estimate of drug-likeness (QED) is 0.825. The number of carbonyl (C=O) groups excluding carboxylic acids is 2. The van der Waals surface area contributed by atoms with E-state index >= 15 is 0 Å². The maximum absolute atomic E-state index is 12.8. The Balaban J connectivity index is 2.09. The molecule has 28 heavy (non-hydrogen) atoms. The maximum atomic E-state index is 12.8. The Morgan fingerprint density at radius 1 is 1.07 bits per heavy atom. The highest BCUT2D eigenvalue weighted by Crippen LogP contribution is 2.40. The van der Waals surface area contributed by atoms with Gasteiger partial charge < -0.3 is 29.2 Å². The number of hydrogen-bond acceptors (Lipinski definition) is 6. The number of likely N-dealkylation sites (tertiary alicyclic amines) is 1. The molecular formula is C20H30N2O6. The number of ether oxygens (including phenoxy) is 4. The third-order valence-corrected chi connectivity index (χ3v) is 4.38. The molecule has 1 unspecified atom stereocenters. The molecule has 1 aromatic carbocycles. The number of piperidine rings is 1. The third-order valence-electron chi connectivity index (χ3n) is 4.38. The second-order valence-electron chi connectivity index (χ2n) is 7.67. The van der Waals surface area contributed by atoms with Crippen LogP contribution in [0.25, 0.3) is 0 Å². The summed E-state index contributed by atoms with van der Waals surface area (Å²) in [6.45, 7) is 6.38. The van der Waals surface area contributed by atoms with Crippen molar-refractivity contribution in [1.82, 2.24) is 4.90 Å². The van der Waals surface area contributed by atoms with Crippen molar-refractivity contribution >= 4 is 17.7 Å². The van der Waals surface area contributed by atoms with Gasteiger partial charge in [-0.1, -0.05) is 0 Å². The summed E-state index contributed by atoms with van der Waals surface area (Å²) < 4.78 is 21.3. The molecule has 0 spiro atoms. The van der Waals surface area contributed by atoms with Gasteiger partial charge in [-0.3, -0.25) is 4.79 Å². The molecule has 1 fully saturated rings. The lowest BCUT2D eigenvalue weighted by Gasteiger charge is -2.33. The number of hydrogen-bond donors (Lipinski definition) is 1. The van der Waals surface area contributed by atoms with Gasteiger partial charge in [0.2, 0.25) is 11.7 Å². The molecule has 0 saturated carbocycles.